The van der Waals surface area contributed by atoms with E-state index in [4.69, 9.17) is 0 Å². The number of halogens is 2. The number of hydrogen-bond donors (Lipinski definition) is 2. The summed E-state index contributed by atoms with van der Waals surface area (Å²) in [5, 5.41) is 7.37. The molecule has 0 radical (unpaired) electrons. The minimum absolute atomic E-state index is 0.103. The van der Waals surface area contributed by atoms with E-state index in [1.807, 2.05) is 11.4 Å². The summed E-state index contributed by atoms with van der Waals surface area (Å²) < 4.78 is 36.5. The van der Waals surface area contributed by atoms with E-state index in [-0.39, 0.29) is 23.4 Å². The van der Waals surface area contributed by atoms with Gasteiger partial charge in [0.1, 0.15) is 17.8 Å². The number of ether oxygens (including phenoxy) is 2. The molecule has 2 aliphatic heterocycles. The molecule has 37 heavy (non-hydrogen) atoms. The summed E-state index contributed by atoms with van der Waals surface area (Å²) in [6, 6.07) is 4.68. The molecule has 0 unspecified atom stereocenters. The maximum atomic E-state index is 13.3. The lowest BCUT2D eigenvalue weighted by molar-refractivity contribution is -0.286. The Balaban J connectivity index is 1.02. The van der Waals surface area contributed by atoms with Crippen molar-refractivity contribution in [1.82, 2.24) is 24.9 Å². The van der Waals surface area contributed by atoms with Gasteiger partial charge in [0.05, 0.1) is 26.3 Å². The Hall–Kier alpha value is -3.91. The molecule has 10 nitrogen and oxygen atoms in total. The molecule has 5 aromatic rings. The molecule has 2 N–H and O–H groups in total. The van der Waals surface area contributed by atoms with Gasteiger partial charge in [0.15, 0.2) is 11.5 Å². The Labute approximate surface area is 215 Å². The maximum Gasteiger partial charge on any atom is 0.586 e. The molecule has 4 aromatic heterocycles. The molecule has 1 saturated heterocycles. The van der Waals surface area contributed by atoms with Crippen LogP contribution in [0.15, 0.2) is 35.3 Å². The van der Waals surface area contributed by atoms with Crippen molar-refractivity contribution in [3.05, 3.63) is 46.0 Å². The highest BCUT2D eigenvalue weighted by Crippen LogP contribution is 2.43. The van der Waals surface area contributed by atoms with E-state index in [0.717, 1.165) is 47.0 Å². The van der Waals surface area contributed by atoms with Crippen molar-refractivity contribution in [1.29, 1.82) is 0 Å². The lowest BCUT2D eigenvalue weighted by Crippen LogP contribution is -2.33. The highest BCUT2D eigenvalue weighted by molar-refractivity contribution is 7.17. The summed E-state index contributed by atoms with van der Waals surface area (Å²) in [6.45, 7) is 1.69. The third kappa shape index (κ3) is 4.01. The minimum atomic E-state index is -3.70. The zero-order chi connectivity index (χ0) is 25.1. The Bertz CT molecular complexity index is 1610. The molecular weight excluding hydrogens is 524 g/mol. The molecule has 14 heteroatoms. The predicted octanol–water partition coefficient (Wildman–Crippen LogP) is 4.98. The number of thiazole rings is 1. The summed E-state index contributed by atoms with van der Waals surface area (Å²) in [4.78, 5) is 35.7. The van der Waals surface area contributed by atoms with Gasteiger partial charge in [0.25, 0.3) is 5.91 Å². The van der Waals surface area contributed by atoms with Crippen molar-refractivity contribution in [3.8, 4) is 11.5 Å². The largest absolute Gasteiger partial charge is 0.586 e. The van der Waals surface area contributed by atoms with Crippen LogP contribution in [0.2, 0.25) is 0 Å². The normalized spacial score (nSPS) is 17.1. The van der Waals surface area contributed by atoms with E-state index in [9.17, 15) is 13.6 Å². The van der Waals surface area contributed by atoms with Gasteiger partial charge in [-0.15, -0.1) is 31.5 Å². The summed E-state index contributed by atoms with van der Waals surface area (Å²) in [5.41, 5.74) is 2.03. The van der Waals surface area contributed by atoms with Gasteiger partial charge >= 0.3 is 6.29 Å². The van der Waals surface area contributed by atoms with Gasteiger partial charge in [-0.3, -0.25) is 10.1 Å². The molecule has 1 fully saturated rings. The van der Waals surface area contributed by atoms with Gasteiger partial charge in [0.2, 0.25) is 5.95 Å². The first-order chi connectivity index (χ1) is 17.9. The fourth-order valence-electron chi connectivity index (χ4n) is 4.60. The molecule has 0 saturated carbocycles. The van der Waals surface area contributed by atoms with Crippen LogP contribution in [0.3, 0.4) is 0 Å². The molecule has 1 aromatic carbocycles. The molecule has 6 heterocycles. The van der Waals surface area contributed by atoms with Gasteiger partial charge < -0.3 is 19.4 Å². The zero-order valence-electron chi connectivity index (χ0n) is 18.9. The lowest BCUT2D eigenvalue weighted by Gasteiger charge is -2.32. The SMILES string of the molecule is O=C(Nc1nc2cc3c(cc2[nH]1)OC(F)(F)O3)c1csc(C2CCN(c3ncnc4ccsc34)CC2)n1. The average molecular weight is 542 g/mol. The number of carbonyl (C=O) groups excluding carboxylic acids is 1. The van der Waals surface area contributed by atoms with Crippen LogP contribution in [0.25, 0.3) is 21.3 Å². The number of fused-ring (bicyclic) bond motifs is 3. The fraction of sp³-hybridized carbons (Fsp3) is 0.261. The number of nitrogens with zero attached hydrogens (tertiary/aromatic N) is 5. The molecule has 0 atom stereocenters. The molecule has 1 amide bonds. The van der Waals surface area contributed by atoms with E-state index >= 15 is 0 Å². The van der Waals surface area contributed by atoms with E-state index in [1.165, 1.54) is 23.5 Å². The number of amides is 1. The second-order valence-corrected chi connectivity index (χ2v) is 10.5. The smallest absolute Gasteiger partial charge is 0.395 e. The summed E-state index contributed by atoms with van der Waals surface area (Å²) in [7, 11) is 0. The second kappa shape index (κ2) is 8.31. The first kappa shape index (κ1) is 22.3. The molecule has 0 bridgehead atoms. The highest BCUT2D eigenvalue weighted by atomic mass is 32.1. The van der Waals surface area contributed by atoms with Gasteiger partial charge in [-0.05, 0) is 24.3 Å². The number of rotatable bonds is 4. The van der Waals surface area contributed by atoms with Crippen LogP contribution in [0.1, 0.15) is 34.3 Å². The monoisotopic (exact) mass is 541 g/mol. The number of aromatic nitrogens is 5. The Morgan fingerprint density at radius 3 is 2.76 bits per heavy atom. The highest BCUT2D eigenvalue weighted by Gasteiger charge is 2.43. The molecule has 2 aliphatic rings. The Kier molecular flexibility index (Phi) is 5.01. The van der Waals surface area contributed by atoms with Crippen LogP contribution in [0, 0.1) is 0 Å². The van der Waals surface area contributed by atoms with Crippen molar-refractivity contribution < 1.29 is 23.0 Å². The van der Waals surface area contributed by atoms with Crippen molar-refractivity contribution in [2.75, 3.05) is 23.3 Å². The molecule has 0 spiro atoms. The number of carbonyl (C=O) groups is 1. The lowest BCUT2D eigenvalue weighted by atomic mass is 9.97. The first-order valence-electron chi connectivity index (χ1n) is 11.4. The van der Waals surface area contributed by atoms with E-state index in [0.29, 0.717) is 16.7 Å². The van der Waals surface area contributed by atoms with Crippen LogP contribution < -0.4 is 19.7 Å². The number of imidazole rings is 1. The topological polar surface area (TPSA) is 118 Å². The quantitative estimate of drug-likeness (QED) is 0.327. The number of alkyl halides is 2. The summed E-state index contributed by atoms with van der Waals surface area (Å²) >= 11 is 3.11. The number of piperidine rings is 1. The van der Waals surface area contributed by atoms with E-state index in [2.05, 4.69) is 44.6 Å². The van der Waals surface area contributed by atoms with E-state index < -0.39 is 12.2 Å². The summed E-state index contributed by atoms with van der Waals surface area (Å²) in [5.74, 6) is 0.774. The second-order valence-electron chi connectivity index (χ2n) is 8.69. The molecular formula is C23H17F2N7O3S2. The van der Waals surface area contributed by atoms with Gasteiger partial charge in [-0.1, -0.05) is 0 Å². The van der Waals surface area contributed by atoms with Crippen molar-refractivity contribution in [2.45, 2.75) is 25.1 Å². The van der Waals surface area contributed by atoms with Crippen molar-refractivity contribution in [2.24, 2.45) is 0 Å². The molecule has 7 rings (SSSR count). The Morgan fingerprint density at radius 1 is 1.11 bits per heavy atom. The van der Waals surface area contributed by atoms with E-state index in [1.54, 1.807) is 23.0 Å². The predicted molar refractivity (Wildman–Crippen MR) is 134 cm³/mol. The Morgan fingerprint density at radius 2 is 1.92 bits per heavy atom. The number of H-pyrrole nitrogens is 1. The van der Waals surface area contributed by atoms with Gasteiger partial charge in [-0.2, -0.15) is 0 Å². The number of benzene rings is 1. The van der Waals surface area contributed by atoms with Gasteiger partial charge in [-0.25, -0.2) is 19.9 Å². The standard InChI is InChI=1S/C23H17F2N7O3S2/c24-23(25)34-16-7-13-14(8-17(16)35-23)30-22(29-13)31-20(33)15-9-37-21(28-15)11-1-4-32(5-2-11)19-18-12(3-6-36-18)26-10-27-19/h3,6-11H,1-2,4-5H2,(H2,29,30,31,33). The fourth-order valence-corrected chi connectivity index (χ4v) is 6.44. The van der Waals surface area contributed by atoms with Crippen molar-refractivity contribution in [3.63, 3.8) is 0 Å². The van der Waals surface area contributed by atoms with Crippen LogP contribution in [0.5, 0.6) is 11.5 Å². The maximum absolute atomic E-state index is 13.3. The number of thiophene rings is 1. The zero-order valence-corrected chi connectivity index (χ0v) is 20.5. The number of aromatic amines is 1. The summed E-state index contributed by atoms with van der Waals surface area (Å²) in [6.07, 6.45) is -0.285. The average Bonchev–Trinajstić information content (AvgIpc) is 3.66. The number of nitrogens with one attached hydrogen (secondary N) is 2. The minimum Gasteiger partial charge on any atom is -0.395 e. The van der Waals surface area contributed by atoms with Crippen LogP contribution in [-0.2, 0) is 0 Å². The number of hydrogen-bond acceptors (Lipinski definition) is 10. The number of anilines is 2. The molecule has 188 valence electrons. The first-order valence-corrected chi connectivity index (χ1v) is 13.2. The molecule has 0 aliphatic carbocycles. The third-order valence-electron chi connectivity index (χ3n) is 6.36. The van der Waals surface area contributed by atoms with Crippen LogP contribution >= 0.6 is 22.7 Å². The third-order valence-corrected chi connectivity index (χ3v) is 8.27. The van der Waals surface area contributed by atoms with Crippen LogP contribution in [-0.4, -0.2) is 50.2 Å². The van der Waals surface area contributed by atoms with Crippen molar-refractivity contribution >= 4 is 61.6 Å². The van der Waals surface area contributed by atoms with Gasteiger partial charge in [0, 0.05) is 36.5 Å². The van der Waals surface area contributed by atoms with Crippen LogP contribution in [0.4, 0.5) is 20.5 Å².